The third-order valence-electron chi connectivity index (χ3n) is 4.65. The third-order valence-corrected chi connectivity index (χ3v) is 4.98. The van der Waals surface area contributed by atoms with E-state index in [-0.39, 0.29) is 0 Å². The van der Waals surface area contributed by atoms with Crippen LogP contribution in [-0.4, -0.2) is 9.38 Å². The van der Waals surface area contributed by atoms with Gasteiger partial charge in [-0.3, -0.25) is 4.40 Å². The summed E-state index contributed by atoms with van der Waals surface area (Å²) in [5.74, 6) is 0. The predicted molar refractivity (Wildman–Crippen MR) is 113 cm³/mol. The molecule has 2 heterocycles. The summed E-state index contributed by atoms with van der Waals surface area (Å²) in [6, 6.07) is 28.4. The average molecular weight is 370 g/mol. The van der Waals surface area contributed by atoms with Crippen molar-refractivity contribution in [2.75, 3.05) is 5.32 Å². The number of anilines is 2. The molecule has 2 aromatic heterocycles. The second kappa shape index (κ2) is 6.45. The Balaban J connectivity index is 1.77. The molecule has 1 N–H and O–H groups in total. The molecule has 0 aliphatic heterocycles. The molecular weight excluding hydrogens is 354 g/mol. The maximum Gasteiger partial charge on any atom is 0.137 e. The second-order valence-electron chi connectivity index (χ2n) is 6.40. The number of imidazole rings is 1. The number of aromatic nitrogens is 2. The van der Waals surface area contributed by atoms with E-state index in [1.165, 1.54) is 0 Å². The van der Waals surface area contributed by atoms with Gasteiger partial charge < -0.3 is 5.32 Å². The van der Waals surface area contributed by atoms with Crippen LogP contribution in [0.2, 0.25) is 5.02 Å². The highest BCUT2D eigenvalue weighted by atomic mass is 35.5. The first kappa shape index (κ1) is 15.9. The monoisotopic (exact) mass is 369 g/mol. The molecule has 3 nitrogen and oxygen atoms in total. The van der Waals surface area contributed by atoms with Gasteiger partial charge in [0.15, 0.2) is 0 Å². The average Bonchev–Trinajstić information content (AvgIpc) is 3.09. The van der Waals surface area contributed by atoms with Gasteiger partial charge in [-0.25, -0.2) is 4.98 Å². The van der Waals surface area contributed by atoms with E-state index in [0.29, 0.717) is 5.02 Å². The highest BCUT2D eigenvalue weighted by Gasteiger charge is 2.13. The number of hydrogen-bond donors (Lipinski definition) is 1. The molecule has 0 saturated carbocycles. The standard InChI is InChI=1S/C23H16ClN3/c24-19-10-4-5-11-20(19)25-17-14-18(16-8-2-1-3-9-16)23-21(15-17)27-13-7-6-12-22(27)26-23/h1-15,25H. The summed E-state index contributed by atoms with van der Waals surface area (Å²) in [5, 5.41) is 4.15. The molecule has 0 atom stereocenters. The number of hydrogen-bond acceptors (Lipinski definition) is 2. The van der Waals surface area contributed by atoms with E-state index in [4.69, 9.17) is 16.6 Å². The van der Waals surface area contributed by atoms with Crippen molar-refractivity contribution in [1.82, 2.24) is 9.38 Å². The lowest BCUT2D eigenvalue weighted by Gasteiger charge is -2.11. The number of nitrogens with one attached hydrogen (secondary N) is 1. The van der Waals surface area contributed by atoms with Crippen LogP contribution in [0.1, 0.15) is 0 Å². The number of fused-ring (bicyclic) bond motifs is 3. The van der Waals surface area contributed by atoms with Crippen molar-refractivity contribution < 1.29 is 0 Å². The van der Waals surface area contributed by atoms with E-state index in [1.807, 2.05) is 66.9 Å². The van der Waals surface area contributed by atoms with Gasteiger partial charge in [-0.1, -0.05) is 60.1 Å². The Morgan fingerprint density at radius 2 is 1.59 bits per heavy atom. The molecule has 0 aliphatic rings. The van der Waals surface area contributed by atoms with Crippen LogP contribution in [-0.2, 0) is 0 Å². The molecule has 0 unspecified atom stereocenters. The van der Waals surface area contributed by atoms with E-state index < -0.39 is 0 Å². The summed E-state index contributed by atoms with van der Waals surface area (Å²) in [7, 11) is 0. The van der Waals surface area contributed by atoms with Crippen LogP contribution < -0.4 is 5.32 Å². The number of nitrogens with zero attached hydrogens (tertiary/aromatic N) is 2. The maximum atomic E-state index is 6.34. The quantitative estimate of drug-likeness (QED) is 0.390. The second-order valence-corrected chi connectivity index (χ2v) is 6.81. The van der Waals surface area contributed by atoms with Crippen molar-refractivity contribution in [2.24, 2.45) is 0 Å². The molecule has 130 valence electrons. The Morgan fingerprint density at radius 3 is 2.44 bits per heavy atom. The van der Waals surface area contributed by atoms with Crippen molar-refractivity contribution in [3.63, 3.8) is 0 Å². The fraction of sp³-hybridized carbons (Fsp3) is 0. The maximum absolute atomic E-state index is 6.34. The molecule has 0 aliphatic carbocycles. The molecule has 5 rings (SSSR count). The molecule has 4 heteroatoms. The minimum atomic E-state index is 0.692. The molecule has 0 bridgehead atoms. The molecule has 0 spiro atoms. The topological polar surface area (TPSA) is 29.3 Å². The Hall–Kier alpha value is -3.30. The lowest BCUT2D eigenvalue weighted by Crippen LogP contribution is -1.93. The van der Waals surface area contributed by atoms with Crippen LogP contribution in [0.4, 0.5) is 11.4 Å². The summed E-state index contributed by atoms with van der Waals surface area (Å²) in [6.07, 6.45) is 2.04. The van der Waals surface area contributed by atoms with E-state index in [2.05, 4.69) is 34.0 Å². The van der Waals surface area contributed by atoms with E-state index in [9.17, 15) is 0 Å². The summed E-state index contributed by atoms with van der Waals surface area (Å²) in [6.45, 7) is 0. The summed E-state index contributed by atoms with van der Waals surface area (Å²) in [5.41, 5.74) is 7.05. The smallest absolute Gasteiger partial charge is 0.137 e. The molecule has 0 amide bonds. The van der Waals surface area contributed by atoms with Gasteiger partial charge in [0.05, 0.1) is 21.7 Å². The summed E-state index contributed by atoms with van der Waals surface area (Å²) < 4.78 is 2.11. The predicted octanol–water partition coefficient (Wildman–Crippen LogP) is 6.55. The fourth-order valence-electron chi connectivity index (χ4n) is 3.39. The van der Waals surface area contributed by atoms with Crippen LogP contribution in [0.25, 0.3) is 27.8 Å². The normalized spacial score (nSPS) is 11.1. The molecule has 3 aromatic carbocycles. The summed E-state index contributed by atoms with van der Waals surface area (Å²) in [4.78, 5) is 4.87. The van der Waals surface area contributed by atoms with Crippen LogP contribution >= 0.6 is 11.6 Å². The van der Waals surface area contributed by atoms with Crippen molar-refractivity contribution in [3.8, 4) is 11.1 Å². The Bertz CT molecular complexity index is 1260. The van der Waals surface area contributed by atoms with Gasteiger partial charge in [0.2, 0.25) is 0 Å². The molecular formula is C23H16ClN3. The van der Waals surface area contributed by atoms with E-state index in [1.54, 1.807) is 0 Å². The third kappa shape index (κ3) is 2.82. The number of halogens is 1. The van der Waals surface area contributed by atoms with Crippen LogP contribution in [0.5, 0.6) is 0 Å². The van der Waals surface area contributed by atoms with Crippen LogP contribution in [0.15, 0.2) is 91.1 Å². The van der Waals surface area contributed by atoms with Gasteiger partial charge in [0.1, 0.15) is 5.65 Å². The first-order chi connectivity index (χ1) is 13.3. The zero-order chi connectivity index (χ0) is 18.2. The Kier molecular flexibility index (Phi) is 3.80. The first-order valence-electron chi connectivity index (χ1n) is 8.77. The minimum Gasteiger partial charge on any atom is -0.354 e. The Labute approximate surface area is 161 Å². The van der Waals surface area contributed by atoms with Crippen molar-refractivity contribution in [1.29, 1.82) is 0 Å². The van der Waals surface area contributed by atoms with Gasteiger partial charge in [0.25, 0.3) is 0 Å². The molecule has 5 aromatic rings. The molecule has 0 fully saturated rings. The van der Waals surface area contributed by atoms with Gasteiger partial charge in [-0.05, 0) is 42.0 Å². The van der Waals surface area contributed by atoms with E-state index in [0.717, 1.165) is 39.2 Å². The summed E-state index contributed by atoms with van der Waals surface area (Å²) >= 11 is 6.34. The minimum absolute atomic E-state index is 0.692. The number of para-hydroxylation sites is 1. The zero-order valence-corrected chi connectivity index (χ0v) is 15.2. The van der Waals surface area contributed by atoms with Crippen LogP contribution in [0, 0.1) is 0 Å². The number of pyridine rings is 1. The van der Waals surface area contributed by atoms with E-state index >= 15 is 0 Å². The van der Waals surface area contributed by atoms with Gasteiger partial charge in [-0.15, -0.1) is 0 Å². The van der Waals surface area contributed by atoms with Crippen LogP contribution in [0.3, 0.4) is 0 Å². The van der Waals surface area contributed by atoms with Crippen molar-refractivity contribution in [2.45, 2.75) is 0 Å². The molecule has 0 radical (unpaired) electrons. The largest absolute Gasteiger partial charge is 0.354 e. The lowest BCUT2D eigenvalue weighted by molar-refractivity contribution is 1.23. The highest BCUT2D eigenvalue weighted by molar-refractivity contribution is 6.33. The lowest BCUT2D eigenvalue weighted by atomic mass is 10.0. The number of rotatable bonds is 3. The first-order valence-corrected chi connectivity index (χ1v) is 9.15. The van der Waals surface area contributed by atoms with Crippen molar-refractivity contribution in [3.05, 3.63) is 96.1 Å². The zero-order valence-electron chi connectivity index (χ0n) is 14.4. The molecule has 0 saturated heterocycles. The van der Waals surface area contributed by atoms with Gasteiger partial charge in [-0.2, -0.15) is 0 Å². The molecule has 27 heavy (non-hydrogen) atoms. The van der Waals surface area contributed by atoms with Gasteiger partial charge in [0, 0.05) is 17.4 Å². The number of benzene rings is 3. The van der Waals surface area contributed by atoms with Gasteiger partial charge >= 0.3 is 0 Å². The highest BCUT2D eigenvalue weighted by Crippen LogP contribution is 2.34. The van der Waals surface area contributed by atoms with Crippen molar-refractivity contribution >= 4 is 39.7 Å². The Morgan fingerprint density at radius 1 is 0.815 bits per heavy atom. The fourth-order valence-corrected chi connectivity index (χ4v) is 3.57. The SMILES string of the molecule is Clc1ccccc1Nc1cc(-c2ccccc2)c2nc3ccccn3c2c1.